The Kier molecular flexibility index (Phi) is 7.06. The standard InChI is InChI=1S/C28H38O3Si/c1-5-6-17-24(29)27-23(25-18-19-26(27)31-25)20-30-32(28(2,3)4,21-13-9-7-10-14-21)22-15-11-8-12-16-22/h7-16,18-19,23-27,29H,5-6,17,20H2,1-4H3/t23-,24+,25-,26+,27+/m0/s1. The second-order valence-electron chi connectivity index (χ2n) is 10.4. The zero-order valence-electron chi connectivity index (χ0n) is 19.9. The number of fused-ring (bicyclic) bond motifs is 2. The van der Waals surface area contributed by atoms with Crippen molar-refractivity contribution in [3.8, 4) is 0 Å². The van der Waals surface area contributed by atoms with Crippen LogP contribution in [0.15, 0.2) is 72.8 Å². The fraction of sp³-hybridized carbons (Fsp3) is 0.500. The van der Waals surface area contributed by atoms with Crippen LogP contribution in [0.1, 0.15) is 47.0 Å². The Morgan fingerprint density at radius 2 is 1.50 bits per heavy atom. The summed E-state index contributed by atoms with van der Waals surface area (Å²) in [6.45, 7) is 9.71. The highest BCUT2D eigenvalue weighted by molar-refractivity contribution is 6.99. The minimum atomic E-state index is -2.60. The molecule has 0 amide bonds. The first-order valence-electron chi connectivity index (χ1n) is 12.2. The highest BCUT2D eigenvalue weighted by atomic mass is 28.4. The Labute approximate surface area is 194 Å². The fourth-order valence-corrected chi connectivity index (χ4v) is 10.3. The normalized spacial score (nSPS) is 25.9. The van der Waals surface area contributed by atoms with E-state index in [0.717, 1.165) is 19.3 Å². The Morgan fingerprint density at radius 3 is 2.03 bits per heavy atom. The van der Waals surface area contributed by atoms with Crippen LogP contribution in [0.4, 0.5) is 0 Å². The summed E-state index contributed by atoms with van der Waals surface area (Å²) in [6.07, 6.45) is 6.99. The number of benzene rings is 2. The van der Waals surface area contributed by atoms with Crippen molar-refractivity contribution in [1.82, 2.24) is 0 Å². The number of hydrogen-bond donors (Lipinski definition) is 1. The lowest BCUT2D eigenvalue weighted by Crippen LogP contribution is -2.67. The molecule has 0 aromatic heterocycles. The molecule has 4 heteroatoms. The average Bonchev–Trinajstić information content (AvgIpc) is 3.40. The summed E-state index contributed by atoms with van der Waals surface area (Å²) >= 11 is 0. The third-order valence-electron chi connectivity index (χ3n) is 7.31. The van der Waals surface area contributed by atoms with Crippen LogP contribution in [0.5, 0.6) is 0 Å². The molecule has 1 saturated heterocycles. The van der Waals surface area contributed by atoms with Crippen molar-refractivity contribution in [3.63, 3.8) is 0 Å². The number of hydrogen-bond acceptors (Lipinski definition) is 3. The van der Waals surface area contributed by atoms with Crippen molar-refractivity contribution in [3.05, 3.63) is 72.8 Å². The summed E-state index contributed by atoms with van der Waals surface area (Å²) in [5, 5.41) is 13.6. The van der Waals surface area contributed by atoms with E-state index in [9.17, 15) is 5.11 Å². The molecule has 0 saturated carbocycles. The fourth-order valence-electron chi connectivity index (χ4n) is 5.72. The zero-order chi connectivity index (χ0) is 22.8. The van der Waals surface area contributed by atoms with Crippen LogP contribution in [0.25, 0.3) is 0 Å². The van der Waals surface area contributed by atoms with Crippen LogP contribution < -0.4 is 10.4 Å². The number of rotatable bonds is 9. The maximum absolute atomic E-state index is 11.0. The number of ether oxygens (including phenoxy) is 1. The minimum absolute atomic E-state index is 0.0135. The Bertz CT molecular complexity index is 850. The van der Waals surface area contributed by atoms with Gasteiger partial charge in [0, 0.05) is 18.4 Å². The summed E-state index contributed by atoms with van der Waals surface area (Å²) in [6, 6.07) is 21.6. The molecule has 0 spiro atoms. The van der Waals surface area contributed by atoms with Gasteiger partial charge in [-0.05, 0) is 21.8 Å². The molecular formula is C28H38O3Si. The molecule has 2 heterocycles. The van der Waals surface area contributed by atoms with Gasteiger partial charge in [0.05, 0.1) is 18.3 Å². The molecule has 1 N–H and O–H groups in total. The molecule has 2 bridgehead atoms. The van der Waals surface area contributed by atoms with Gasteiger partial charge in [0.25, 0.3) is 8.32 Å². The van der Waals surface area contributed by atoms with Crippen molar-refractivity contribution >= 4 is 18.7 Å². The van der Waals surface area contributed by atoms with Gasteiger partial charge in [0.2, 0.25) is 0 Å². The molecule has 172 valence electrons. The van der Waals surface area contributed by atoms with E-state index < -0.39 is 8.32 Å². The lowest BCUT2D eigenvalue weighted by Gasteiger charge is -2.44. The summed E-state index contributed by atoms with van der Waals surface area (Å²) in [4.78, 5) is 0. The minimum Gasteiger partial charge on any atom is -0.407 e. The highest BCUT2D eigenvalue weighted by Gasteiger charge is 2.53. The summed E-state index contributed by atoms with van der Waals surface area (Å²) < 4.78 is 13.4. The van der Waals surface area contributed by atoms with Gasteiger partial charge < -0.3 is 14.3 Å². The summed E-state index contributed by atoms with van der Waals surface area (Å²) in [5.74, 6) is 0.285. The molecular weight excluding hydrogens is 412 g/mol. The number of aliphatic hydroxyl groups excluding tert-OH is 1. The molecule has 2 aliphatic rings. The molecule has 1 fully saturated rings. The Morgan fingerprint density at radius 1 is 0.938 bits per heavy atom. The first-order chi connectivity index (χ1) is 15.4. The quantitative estimate of drug-likeness (QED) is 0.445. The van der Waals surface area contributed by atoms with Gasteiger partial charge in [-0.15, -0.1) is 0 Å². The predicted octanol–water partition coefficient (Wildman–Crippen LogP) is 4.68. The van der Waals surface area contributed by atoms with E-state index in [1.54, 1.807) is 0 Å². The van der Waals surface area contributed by atoms with Crippen LogP contribution in [0.2, 0.25) is 5.04 Å². The summed E-state index contributed by atoms with van der Waals surface area (Å²) in [7, 11) is -2.60. The van der Waals surface area contributed by atoms with E-state index in [-0.39, 0.29) is 35.2 Å². The van der Waals surface area contributed by atoms with E-state index in [2.05, 4.69) is 101 Å². The molecule has 2 aliphatic heterocycles. The smallest absolute Gasteiger partial charge is 0.261 e. The predicted molar refractivity (Wildman–Crippen MR) is 134 cm³/mol. The first kappa shape index (κ1) is 23.4. The maximum atomic E-state index is 11.0. The number of unbranched alkanes of at least 4 members (excludes halogenated alkanes) is 1. The van der Waals surface area contributed by atoms with Gasteiger partial charge in [-0.3, -0.25) is 0 Å². The largest absolute Gasteiger partial charge is 0.407 e. The van der Waals surface area contributed by atoms with Crippen molar-refractivity contribution in [2.45, 2.75) is 70.3 Å². The van der Waals surface area contributed by atoms with Crippen LogP contribution in [0.3, 0.4) is 0 Å². The second-order valence-corrected chi connectivity index (χ2v) is 14.7. The molecule has 0 radical (unpaired) electrons. The van der Waals surface area contributed by atoms with Crippen molar-refractivity contribution in [1.29, 1.82) is 0 Å². The molecule has 3 nitrogen and oxygen atoms in total. The van der Waals surface area contributed by atoms with Gasteiger partial charge in [0.1, 0.15) is 0 Å². The molecule has 32 heavy (non-hydrogen) atoms. The van der Waals surface area contributed by atoms with Crippen LogP contribution in [-0.4, -0.2) is 38.3 Å². The third-order valence-corrected chi connectivity index (χ3v) is 12.3. The average molecular weight is 451 g/mol. The molecule has 2 aromatic carbocycles. The maximum Gasteiger partial charge on any atom is 0.261 e. The zero-order valence-corrected chi connectivity index (χ0v) is 20.9. The molecule has 5 atom stereocenters. The summed E-state index contributed by atoms with van der Waals surface area (Å²) in [5.41, 5.74) is 0. The lowest BCUT2D eigenvalue weighted by atomic mass is 9.78. The van der Waals surface area contributed by atoms with Gasteiger partial charge in [-0.2, -0.15) is 0 Å². The van der Waals surface area contributed by atoms with Crippen molar-refractivity contribution in [2.24, 2.45) is 11.8 Å². The van der Waals surface area contributed by atoms with Crippen LogP contribution in [-0.2, 0) is 9.16 Å². The molecule has 2 aromatic rings. The van der Waals surface area contributed by atoms with Gasteiger partial charge >= 0.3 is 0 Å². The number of aliphatic hydroxyl groups is 1. The SMILES string of the molecule is CCCC[C@@H](O)[C@H]1[C@@H](CO[Si](c2ccccc2)(c2ccccc2)C(C)(C)C)[C@@H]2C=C[C@H]1O2. The lowest BCUT2D eigenvalue weighted by molar-refractivity contribution is 0.0415. The van der Waals surface area contributed by atoms with E-state index in [4.69, 9.17) is 9.16 Å². The van der Waals surface area contributed by atoms with Crippen LogP contribution >= 0.6 is 0 Å². The molecule has 4 rings (SSSR count). The van der Waals surface area contributed by atoms with E-state index in [1.165, 1.54) is 10.4 Å². The van der Waals surface area contributed by atoms with Gasteiger partial charge in [-0.1, -0.05) is 113 Å². The highest BCUT2D eigenvalue weighted by Crippen LogP contribution is 2.44. The Hall–Kier alpha value is -1.72. The topological polar surface area (TPSA) is 38.7 Å². The molecule has 0 aliphatic carbocycles. The third kappa shape index (κ3) is 4.26. The van der Waals surface area contributed by atoms with E-state index >= 15 is 0 Å². The van der Waals surface area contributed by atoms with Gasteiger partial charge in [0.15, 0.2) is 0 Å². The van der Waals surface area contributed by atoms with Crippen LogP contribution in [0, 0.1) is 11.8 Å². The second kappa shape index (κ2) is 9.64. The Balaban J connectivity index is 1.68. The van der Waals surface area contributed by atoms with Crippen molar-refractivity contribution in [2.75, 3.05) is 6.61 Å². The van der Waals surface area contributed by atoms with E-state index in [1.807, 2.05) is 0 Å². The van der Waals surface area contributed by atoms with E-state index in [0.29, 0.717) is 6.61 Å². The van der Waals surface area contributed by atoms with Gasteiger partial charge in [-0.25, -0.2) is 0 Å². The monoisotopic (exact) mass is 450 g/mol. The molecule has 0 unspecified atom stereocenters. The van der Waals surface area contributed by atoms with Crippen molar-refractivity contribution < 1.29 is 14.3 Å². The first-order valence-corrected chi connectivity index (χ1v) is 14.1.